The lowest BCUT2D eigenvalue weighted by atomic mass is 10.2. The molecule has 3 aromatic rings. The van der Waals surface area contributed by atoms with Gasteiger partial charge in [0, 0.05) is 20.0 Å². The Balaban J connectivity index is 1.51. The number of nitrogens with zero attached hydrogens (tertiary/aromatic N) is 3. The number of hydrogen-bond acceptors (Lipinski definition) is 4. The second kappa shape index (κ2) is 7.84. The SMILES string of the molecule is CC(=O)c1nc2ccccc2n1C[C@@H]1CCCN1C(=O)OCc1ccccc1. The summed E-state index contributed by atoms with van der Waals surface area (Å²) in [6.45, 7) is 2.99. The maximum Gasteiger partial charge on any atom is 0.410 e. The van der Waals surface area contributed by atoms with Crippen LogP contribution in [0.3, 0.4) is 0 Å². The molecule has 1 atom stereocenters. The standard InChI is InChI=1S/C22H23N3O3/c1-16(26)21-23-19-11-5-6-12-20(19)25(21)14-18-10-7-13-24(18)22(27)28-15-17-8-3-2-4-9-17/h2-6,8-9,11-12,18H,7,10,13-15H2,1H3/t18-/m0/s1. The molecule has 1 fully saturated rings. The predicted molar refractivity (Wildman–Crippen MR) is 106 cm³/mol. The summed E-state index contributed by atoms with van der Waals surface area (Å²) in [4.78, 5) is 31.0. The molecule has 4 rings (SSSR count). The highest BCUT2D eigenvalue weighted by Gasteiger charge is 2.31. The molecule has 6 heteroatoms. The summed E-state index contributed by atoms with van der Waals surface area (Å²) in [6, 6.07) is 17.3. The summed E-state index contributed by atoms with van der Waals surface area (Å²) in [5.74, 6) is 0.359. The summed E-state index contributed by atoms with van der Waals surface area (Å²) in [6.07, 6.45) is 1.50. The monoisotopic (exact) mass is 377 g/mol. The van der Waals surface area contributed by atoms with Gasteiger partial charge in [-0.25, -0.2) is 9.78 Å². The number of carbonyl (C=O) groups is 2. The van der Waals surface area contributed by atoms with Crippen LogP contribution in [-0.2, 0) is 17.9 Å². The van der Waals surface area contributed by atoms with Crippen LogP contribution in [-0.4, -0.2) is 38.9 Å². The minimum atomic E-state index is -0.305. The number of carbonyl (C=O) groups excluding carboxylic acids is 2. The van der Waals surface area contributed by atoms with Gasteiger partial charge in [0.15, 0.2) is 11.6 Å². The van der Waals surface area contributed by atoms with Gasteiger partial charge in [-0.05, 0) is 30.5 Å². The third-order valence-corrected chi connectivity index (χ3v) is 5.18. The van der Waals surface area contributed by atoms with E-state index in [0.29, 0.717) is 18.9 Å². The first-order valence-corrected chi connectivity index (χ1v) is 9.57. The summed E-state index contributed by atoms with van der Waals surface area (Å²) in [5, 5.41) is 0. The van der Waals surface area contributed by atoms with Gasteiger partial charge in [-0.1, -0.05) is 42.5 Å². The lowest BCUT2D eigenvalue weighted by molar-refractivity contribution is 0.0893. The van der Waals surface area contributed by atoms with Crippen molar-refractivity contribution in [3.63, 3.8) is 0 Å². The smallest absolute Gasteiger partial charge is 0.410 e. The molecule has 0 saturated carbocycles. The second-order valence-corrected chi connectivity index (χ2v) is 7.12. The lowest BCUT2D eigenvalue weighted by Gasteiger charge is -2.25. The second-order valence-electron chi connectivity index (χ2n) is 7.12. The predicted octanol–water partition coefficient (Wildman–Crippen LogP) is 4.04. The summed E-state index contributed by atoms with van der Waals surface area (Å²) in [5.41, 5.74) is 2.67. The van der Waals surface area contributed by atoms with Crippen molar-refractivity contribution in [3.8, 4) is 0 Å². The van der Waals surface area contributed by atoms with Crippen molar-refractivity contribution in [2.24, 2.45) is 0 Å². The molecule has 1 saturated heterocycles. The van der Waals surface area contributed by atoms with Crippen molar-refractivity contribution >= 4 is 22.9 Å². The van der Waals surface area contributed by atoms with Gasteiger partial charge >= 0.3 is 6.09 Å². The summed E-state index contributed by atoms with van der Waals surface area (Å²) in [7, 11) is 0. The molecule has 2 heterocycles. The van der Waals surface area contributed by atoms with Crippen LogP contribution in [0.25, 0.3) is 11.0 Å². The Kier molecular flexibility index (Phi) is 5.10. The molecule has 0 radical (unpaired) electrons. The maximum absolute atomic E-state index is 12.7. The molecule has 1 aromatic heterocycles. The first kappa shape index (κ1) is 18.2. The molecule has 2 aromatic carbocycles. The molecule has 0 aliphatic carbocycles. The minimum absolute atomic E-state index is 0.0148. The van der Waals surface area contributed by atoms with Crippen molar-refractivity contribution < 1.29 is 14.3 Å². The number of ketones is 1. The summed E-state index contributed by atoms with van der Waals surface area (Å²) >= 11 is 0. The van der Waals surface area contributed by atoms with E-state index in [1.807, 2.05) is 59.2 Å². The van der Waals surface area contributed by atoms with Crippen LogP contribution < -0.4 is 0 Å². The molecule has 1 aliphatic rings. The van der Waals surface area contributed by atoms with Crippen LogP contribution in [0.1, 0.15) is 35.9 Å². The molecule has 0 bridgehead atoms. The molecule has 1 amide bonds. The van der Waals surface area contributed by atoms with E-state index in [4.69, 9.17) is 4.74 Å². The van der Waals surface area contributed by atoms with Crippen molar-refractivity contribution in [2.45, 2.75) is 39.0 Å². The van der Waals surface area contributed by atoms with Crippen LogP contribution in [0.5, 0.6) is 0 Å². The maximum atomic E-state index is 12.7. The van der Waals surface area contributed by atoms with E-state index in [1.54, 1.807) is 4.90 Å². The van der Waals surface area contributed by atoms with E-state index in [9.17, 15) is 9.59 Å². The Bertz CT molecular complexity index is 997. The Labute approximate surface area is 163 Å². The number of Topliss-reactive ketones (excluding diaryl/α,β-unsaturated/α-hetero) is 1. The van der Waals surface area contributed by atoms with Gasteiger partial charge in [-0.15, -0.1) is 0 Å². The number of para-hydroxylation sites is 2. The number of imidazole rings is 1. The number of aromatic nitrogens is 2. The Hall–Kier alpha value is -3.15. The highest BCUT2D eigenvalue weighted by Crippen LogP contribution is 2.24. The summed E-state index contributed by atoms with van der Waals surface area (Å²) < 4.78 is 7.46. The molecule has 28 heavy (non-hydrogen) atoms. The molecule has 0 spiro atoms. The zero-order chi connectivity index (χ0) is 19.5. The molecule has 144 valence electrons. The topological polar surface area (TPSA) is 64.4 Å². The number of rotatable bonds is 5. The lowest BCUT2D eigenvalue weighted by Crippen LogP contribution is -2.38. The van der Waals surface area contributed by atoms with Crippen molar-refractivity contribution in [2.75, 3.05) is 6.54 Å². The van der Waals surface area contributed by atoms with E-state index in [1.165, 1.54) is 6.92 Å². The quantitative estimate of drug-likeness (QED) is 0.630. The Morgan fingerprint density at radius 1 is 1.11 bits per heavy atom. The van der Waals surface area contributed by atoms with Crippen molar-refractivity contribution in [1.29, 1.82) is 0 Å². The van der Waals surface area contributed by atoms with Crippen LogP contribution in [0.15, 0.2) is 54.6 Å². The van der Waals surface area contributed by atoms with Crippen molar-refractivity contribution in [3.05, 3.63) is 66.0 Å². The zero-order valence-electron chi connectivity index (χ0n) is 15.9. The fraction of sp³-hybridized carbons (Fsp3) is 0.318. The highest BCUT2D eigenvalue weighted by molar-refractivity contribution is 5.94. The first-order chi connectivity index (χ1) is 13.6. The van der Waals surface area contributed by atoms with Gasteiger partial charge in [0.1, 0.15) is 6.61 Å². The van der Waals surface area contributed by atoms with Gasteiger partial charge in [-0.3, -0.25) is 4.79 Å². The molecule has 1 aliphatic heterocycles. The van der Waals surface area contributed by atoms with Crippen LogP contribution >= 0.6 is 0 Å². The van der Waals surface area contributed by atoms with Gasteiger partial charge in [0.2, 0.25) is 0 Å². The van der Waals surface area contributed by atoms with Gasteiger partial charge in [0.05, 0.1) is 17.1 Å². The third-order valence-electron chi connectivity index (χ3n) is 5.18. The molecular weight excluding hydrogens is 354 g/mol. The van der Waals surface area contributed by atoms with E-state index in [0.717, 1.165) is 29.4 Å². The van der Waals surface area contributed by atoms with Gasteiger partial charge in [-0.2, -0.15) is 0 Å². The van der Waals surface area contributed by atoms with Crippen molar-refractivity contribution in [1.82, 2.24) is 14.5 Å². The fourth-order valence-corrected chi connectivity index (χ4v) is 3.81. The Morgan fingerprint density at radius 3 is 2.64 bits per heavy atom. The number of fused-ring (bicyclic) bond motifs is 1. The fourth-order valence-electron chi connectivity index (χ4n) is 3.81. The van der Waals surface area contributed by atoms with Crippen LogP contribution in [0.2, 0.25) is 0 Å². The third kappa shape index (κ3) is 3.63. The number of ether oxygens (including phenoxy) is 1. The normalized spacial score (nSPS) is 16.5. The molecule has 0 N–H and O–H groups in total. The van der Waals surface area contributed by atoms with E-state index < -0.39 is 0 Å². The van der Waals surface area contributed by atoms with Crippen LogP contribution in [0.4, 0.5) is 4.79 Å². The van der Waals surface area contributed by atoms with Crippen LogP contribution in [0, 0.1) is 0 Å². The number of likely N-dealkylation sites (tertiary alicyclic amines) is 1. The molecule has 6 nitrogen and oxygen atoms in total. The van der Waals surface area contributed by atoms with E-state index in [2.05, 4.69) is 4.98 Å². The number of hydrogen-bond donors (Lipinski definition) is 0. The van der Waals surface area contributed by atoms with Gasteiger partial charge < -0.3 is 14.2 Å². The first-order valence-electron chi connectivity index (χ1n) is 9.57. The average molecular weight is 377 g/mol. The number of benzene rings is 2. The molecular formula is C22H23N3O3. The van der Waals surface area contributed by atoms with E-state index in [-0.39, 0.29) is 24.5 Å². The zero-order valence-corrected chi connectivity index (χ0v) is 15.9. The highest BCUT2D eigenvalue weighted by atomic mass is 16.6. The van der Waals surface area contributed by atoms with E-state index >= 15 is 0 Å². The largest absolute Gasteiger partial charge is 0.445 e. The average Bonchev–Trinajstić information content (AvgIpc) is 3.32. The van der Waals surface area contributed by atoms with Gasteiger partial charge in [0.25, 0.3) is 0 Å². The minimum Gasteiger partial charge on any atom is -0.445 e. The Morgan fingerprint density at radius 2 is 1.86 bits per heavy atom. The molecule has 0 unspecified atom stereocenters. The number of amides is 1.